The number of benzene rings is 1. The van der Waals surface area contributed by atoms with Crippen LogP contribution in [0.3, 0.4) is 0 Å². The molecule has 0 bridgehead atoms. The van der Waals surface area contributed by atoms with Crippen molar-refractivity contribution in [1.29, 1.82) is 0 Å². The van der Waals surface area contributed by atoms with Gasteiger partial charge in [0, 0.05) is 6.07 Å². The average molecular weight is 236 g/mol. The first-order valence-electron chi connectivity index (χ1n) is 4.32. The molecular formula is C8H4N4O5. The van der Waals surface area contributed by atoms with Gasteiger partial charge < -0.3 is 10.1 Å². The van der Waals surface area contributed by atoms with Crippen LogP contribution >= 0.6 is 0 Å². The number of non-ortho nitro benzene ring substituents is 1. The Bertz CT molecular complexity index is 672. The summed E-state index contributed by atoms with van der Waals surface area (Å²) in [6.45, 7) is 0. The number of H-pyrrole nitrogens is 1. The van der Waals surface area contributed by atoms with Gasteiger partial charge in [-0.15, -0.1) is 5.10 Å². The van der Waals surface area contributed by atoms with E-state index in [1.54, 1.807) is 0 Å². The van der Waals surface area contributed by atoms with E-state index in [1.807, 2.05) is 5.10 Å². The van der Waals surface area contributed by atoms with E-state index in [9.17, 15) is 25.0 Å². The molecule has 0 aliphatic carbocycles. The molecule has 0 aliphatic rings. The Labute approximate surface area is 92.0 Å². The molecule has 0 amide bonds. The van der Waals surface area contributed by atoms with Crippen LogP contribution in [-0.4, -0.2) is 20.0 Å². The average Bonchev–Trinajstić information content (AvgIpc) is 2.28. The molecule has 0 aliphatic heterocycles. The third-order valence-electron chi connectivity index (χ3n) is 2.14. The van der Waals surface area contributed by atoms with E-state index in [0.29, 0.717) is 0 Å². The second-order valence-electron chi connectivity index (χ2n) is 3.09. The Balaban J connectivity index is 3.04. The number of hydrogen-bond acceptors (Lipinski definition) is 6. The lowest BCUT2D eigenvalue weighted by Gasteiger charge is -1.98. The minimum Gasteiger partial charge on any atom is -0.358 e. The van der Waals surface area contributed by atoms with Crippen molar-refractivity contribution in [3.63, 3.8) is 0 Å². The highest BCUT2D eigenvalue weighted by Gasteiger charge is 2.25. The Morgan fingerprint density at radius 1 is 1.18 bits per heavy atom. The van der Waals surface area contributed by atoms with Crippen LogP contribution in [0.15, 0.2) is 23.0 Å². The zero-order valence-corrected chi connectivity index (χ0v) is 8.11. The topological polar surface area (TPSA) is 132 Å². The van der Waals surface area contributed by atoms with Gasteiger partial charge in [-0.05, 0) is 11.0 Å². The molecule has 1 aromatic heterocycles. The van der Waals surface area contributed by atoms with Gasteiger partial charge in [0.2, 0.25) is 0 Å². The molecule has 9 nitrogen and oxygen atoms in total. The van der Waals surface area contributed by atoms with Crippen molar-refractivity contribution in [2.45, 2.75) is 0 Å². The maximum atomic E-state index is 11.4. The summed E-state index contributed by atoms with van der Waals surface area (Å²) in [5, 5.41) is 26.1. The van der Waals surface area contributed by atoms with E-state index in [1.165, 1.54) is 12.1 Å². The molecule has 1 N–H and O–H groups in total. The second kappa shape index (κ2) is 3.63. The van der Waals surface area contributed by atoms with E-state index in [2.05, 4.69) is 5.10 Å². The number of nitro benzene ring substituents is 1. The van der Waals surface area contributed by atoms with Crippen LogP contribution in [0.1, 0.15) is 0 Å². The Hall–Kier alpha value is -2.84. The van der Waals surface area contributed by atoms with Crippen molar-refractivity contribution in [3.8, 4) is 0 Å². The third-order valence-corrected chi connectivity index (χ3v) is 2.14. The molecule has 2 rings (SSSR count). The molecule has 1 heterocycles. The van der Waals surface area contributed by atoms with Gasteiger partial charge in [0.25, 0.3) is 11.2 Å². The van der Waals surface area contributed by atoms with Crippen LogP contribution in [0.5, 0.6) is 0 Å². The summed E-state index contributed by atoms with van der Waals surface area (Å²) < 4.78 is 0. The summed E-state index contributed by atoms with van der Waals surface area (Å²) in [7, 11) is 0. The Kier molecular flexibility index (Phi) is 2.28. The molecule has 0 radical (unpaired) electrons. The first-order chi connectivity index (χ1) is 8.02. The molecule has 0 saturated heterocycles. The molecule has 0 fully saturated rings. The summed E-state index contributed by atoms with van der Waals surface area (Å²) in [5.74, 6) is -0.744. The first-order valence-corrected chi connectivity index (χ1v) is 4.32. The SMILES string of the molecule is O=c1[nH]nc([N+](=O)[O-])c2c([N+](=O)[O-])cccc12. The number of nitrogens with one attached hydrogen (secondary N) is 1. The maximum absolute atomic E-state index is 11.4. The Morgan fingerprint density at radius 2 is 1.88 bits per heavy atom. The minimum absolute atomic E-state index is 0.138. The Morgan fingerprint density at radius 3 is 2.47 bits per heavy atom. The van der Waals surface area contributed by atoms with Gasteiger partial charge in [-0.25, -0.2) is 0 Å². The quantitative estimate of drug-likeness (QED) is 0.603. The zero-order chi connectivity index (χ0) is 12.6. The lowest BCUT2D eigenvalue weighted by molar-refractivity contribution is -0.393. The van der Waals surface area contributed by atoms with Gasteiger partial charge >= 0.3 is 5.82 Å². The molecule has 17 heavy (non-hydrogen) atoms. The third kappa shape index (κ3) is 1.58. The number of nitrogens with zero attached hydrogens (tertiary/aromatic N) is 3. The van der Waals surface area contributed by atoms with Crippen molar-refractivity contribution in [1.82, 2.24) is 10.2 Å². The summed E-state index contributed by atoms with van der Waals surface area (Å²) in [4.78, 5) is 31.1. The normalized spacial score (nSPS) is 10.4. The van der Waals surface area contributed by atoms with Crippen LogP contribution in [0.4, 0.5) is 11.5 Å². The second-order valence-corrected chi connectivity index (χ2v) is 3.09. The van der Waals surface area contributed by atoms with Crippen LogP contribution in [-0.2, 0) is 0 Å². The summed E-state index contributed by atoms with van der Waals surface area (Å²) in [5.41, 5.74) is -1.23. The van der Waals surface area contributed by atoms with Crippen LogP contribution < -0.4 is 5.56 Å². The standard InChI is InChI=1S/C8H4N4O5/c13-8-4-2-1-3-5(11(14)15)6(4)7(9-10-8)12(16)17/h1-3H,(H,10,13). The molecular weight excluding hydrogens is 232 g/mol. The van der Waals surface area contributed by atoms with Gasteiger partial charge in [0.15, 0.2) is 5.39 Å². The van der Waals surface area contributed by atoms with Crippen molar-refractivity contribution >= 4 is 22.3 Å². The van der Waals surface area contributed by atoms with Crippen molar-refractivity contribution in [2.24, 2.45) is 0 Å². The van der Waals surface area contributed by atoms with E-state index >= 15 is 0 Å². The number of rotatable bonds is 2. The monoisotopic (exact) mass is 236 g/mol. The van der Waals surface area contributed by atoms with Crippen molar-refractivity contribution < 1.29 is 9.85 Å². The largest absolute Gasteiger partial charge is 0.403 e. The number of aromatic nitrogens is 2. The maximum Gasteiger partial charge on any atom is 0.403 e. The zero-order valence-electron chi connectivity index (χ0n) is 8.11. The van der Waals surface area contributed by atoms with E-state index in [4.69, 9.17) is 0 Å². The minimum atomic E-state index is -0.884. The summed E-state index contributed by atoms with van der Waals surface area (Å²) in [6, 6.07) is 3.62. The lowest BCUT2D eigenvalue weighted by Crippen LogP contribution is -2.11. The number of nitro groups is 2. The molecule has 9 heteroatoms. The fourth-order valence-electron chi connectivity index (χ4n) is 1.47. The summed E-state index contributed by atoms with van der Waals surface area (Å²) >= 11 is 0. The molecule has 86 valence electrons. The molecule has 0 saturated carbocycles. The van der Waals surface area contributed by atoms with Gasteiger partial charge in [0.05, 0.1) is 15.4 Å². The molecule has 0 spiro atoms. The predicted molar refractivity (Wildman–Crippen MR) is 55.7 cm³/mol. The van der Waals surface area contributed by atoms with E-state index in [0.717, 1.165) is 6.07 Å². The fourth-order valence-corrected chi connectivity index (χ4v) is 1.47. The first kappa shape index (κ1) is 10.7. The van der Waals surface area contributed by atoms with Gasteiger partial charge in [-0.2, -0.15) is 0 Å². The highest BCUT2D eigenvalue weighted by Crippen LogP contribution is 2.29. The molecule has 0 atom stereocenters. The summed E-state index contributed by atoms with van der Waals surface area (Å²) in [6.07, 6.45) is 0. The van der Waals surface area contributed by atoms with Gasteiger partial charge in [-0.1, -0.05) is 6.07 Å². The number of aromatic amines is 1. The van der Waals surface area contributed by atoms with Crippen molar-refractivity contribution in [2.75, 3.05) is 0 Å². The lowest BCUT2D eigenvalue weighted by atomic mass is 10.1. The highest BCUT2D eigenvalue weighted by atomic mass is 16.6. The highest BCUT2D eigenvalue weighted by molar-refractivity contribution is 5.95. The van der Waals surface area contributed by atoms with Crippen molar-refractivity contribution in [3.05, 3.63) is 48.8 Å². The fraction of sp³-hybridized carbons (Fsp3) is 0. The van der Waals surface area contributed by atoms with E-state index in [-0.39, 0.29) is 10.8 Å². The predicted octanol–water partition coefficient (Wildman–Crippen LogP) is 0.739. The van der Waals surface area contributed by atoms with E-state index < -0.39 is 26.9 Å². The number of hydrogen-bond donors (Lipinski definition) is 1. The molecule has 2 aromatic rings. The van der Waals surface area contributed by atoms with Gasteiger partial charge in [-0.3, -0.25) is 14.9 Å². The van der Waals surface area contributed by atoms with Crippen LogP contribution in [0.25, 0.3) is 10.8 Å². The van der Waals surface area contributed by atoms with Crippen LogP contribution in [0, 0.1) is 20.2 Å². The van der Waals surface area contributed by atoms with Crippen LogP contribution in [0.2, 0.25) is 0 Å². The van der Waals surface area contributed by atoms with Gasteiger partial charge in [0.1, 0.15) is 0 Å². The smallest absolute Gasteiger partial charge is 0.358 e. The molecule has 1 aromatic carbocycles. The molecule has 0 unspecified atom stereocenters. The number of fused-ring (bicyclic) bond motifs is 1.